The number of carbonyl (C=O) groups is 1. The van der Waals surface area contributed by atoms with E-state index >= 15 is 0 Å². The average molecular weight is 458 g/mol. The van der Waals surface area contributed by atoms with Gasteiger partial charge in [0, 0.05) is 35.2 Å². The van der Waals surface area contributed by atoms with Crippen molar-refractivity contribution in [3.8, 4) is 11.5 Å². The SMILES string of the molecule is Cc1oc(-c2cccc(Cl)c2)nc1CN1CCC[C@@H](C(=O)NCc2ccc(Cl)cc2)C1. The van der Waals surface area contributed by atoms with Crippen molar-refractivity contribution in [3.05, 3.63) is 75.6 Å². The van der Waals surface area contributed by atoms with Crippen LogP contribution in [0.3, 0.4) is 0 Å². The molecule has 1 fully saturated rings. The molecule has 1 aromatic heterocycles. The Hall–Kier alpha value is -2.34. The predicted octanol–water partition coefficient (Wildman–Crippen LogP) is 5.49. The Morgan fingerprint density at radius 3 is 2.77 bits per heavy atom. The van der Waals surface area contributed by atoms with Crippen LogP contribution in [-0.2, 0) is 17.9 Å². The second-order valence-electron chi connectivity index (χ2n) is 7.95. The second kappa shape index (κ2) is 9.86. The van der Waals surface area contributed by atoms with Crippen LogP contribution in [0.5, 0.6) is 0 Å². The average Bonchev–Trinajstić information content (AvgIpc) is 3.13. The topological polar surface area (TPSA) is 58.4 Å². The normalized spacial score (nSPS) is 16.9. The number of rotatable bonds is 6. The molecule has 1 atom stereocenters. The van der Waals surface area contributed by atoms with Crippen LogP contribution in [0.25, 0.3) is 11.5 Å². The van der Waals surface area contributed by atoms with Crippen molar-refractivity contribution >= 4 is 29.1 Å². The Labute approximate surface area is 192 Å². The number of hydrogen-bond acceptors (Lipinski definition) is 4. The maximum Gasteiger partial charge on any atom is 0.226 e. The first-order valence-corrected chi connectivity index (χ1v) is 11.2. The summed E-state index contributed by atoms with van der Waals surface area (Å²) in [5, 5.41) is 4.40. The Bertz CT molecular complexity index is 1050. The van der Waals surface area contributed by atoms with Gasteiger partial charge in [-0.05, 0) is 62.2 Å². The first kappa shape index (κ1) is 21.9. The number of oxazole rings is 1. The highest BCUT2D eigenvalue weighted by molar-refractivity contribution is 6.31. The zero-order chi connectivity index (χ0) is 21.8. The van der Waals surface area contributed by atoms with Gasteiger partial charge in [-0.25, -0.2) is 4.98 Å². The molecule has 4 rings (SSSR count). The van der Waals surface area contributed by atoms with Crippen molar-refractivity contribution in [2.45, 2.75) is 32.9 Å². The molecule has 0 radical (unpaired) electrons. The van der Waals surface area contributed by atoms with Crippen LogP contribution in [0.4, 0.5) is 0 Å². The molecule has 1 N–H and O–H groups in total. The molecule has 162 valence electrons. The molecule has 0 saturated carbocycles. The lowest BCUT2D eigenvalue weighted by molar-refractivity contribution is -0.127. The Kier molecular flexibility index (Phi) is 6.96. The lowest BCUT2D eigenvalue weighted by atomic mass is 9.97. The van der Waals surface area contributed by atoms with Crippen LogP contribution in [0.2, 0.25) is 10.0 Å². The number of benzene rings is 2. The van der Waals surface area contributed by atoms with Crippen LogP contribution >= 0.6 is 23.2 Å². The van der Waals surface area contributed by atoms with E-state index in [9.17, 15) is 4.79 Å². The quantitative estimate of drug-likeness (QED) is 0.531. The number of nitrogens with zero attached hydrogens (tertiary/aromatic N) is 2. The summed E-state index contributed by atoms with van der Waals surface area (Å²) in [6.07, 6.45) is 1.88. The number of carbonyl (C=O) groups excluding carboxylic acids is 1. The molecule has 1 amide bonds. The summed E-state index contributed by atoms with van der Waals surface area (Å²) in [4.78, 5) is 19.7. The van der Waals surface area contributed by atoms with E-state index in [4.69, 9.17) is 27.6 Å². The highest BCUT2D eigenvalue weighted by atomic mass is 35.5. The van der Waals surface area contributed by atoms with Gasteiger partial charge in [-0.1, -0.05) is 41.4 Å². The first-order chi connectivity index (χ1) is 15.0. The number of hydrogen-bond donors (Lipinski definition) is 1. The van der Waals surface area contributed by atoms with Gasteiger partial charge in [0.15, 0.2) is 0 Å². The lowest BCUT2D eigenvalue weighted by Gasteiger charge is -2.31. The molecule has 0 spiro atoms. The van der Waals surface area contributed by atoms with Gasteiger partial charge < -0.3 is 9.73 Å². The molecule has 7 heteroatoms. The van der Waals surface area contributed by atoms with Crippen molar-refractivity contribution < 1.29 is 9.21 Å². The van der Waals surface area contributed by atoms with E-state index in [1.807, 2.05) is 55.5 Å². The minimum Gasteiger partial charge on any atom is -0.441 e. The third kappa shape index (κ3) is 5.67. The summed E-state index contributed by atoms with van der Waals surface area (Å²) >= 11 is 12.0. The number of piperidine rings is 1. The van der Waals surface area contributed by atoms with Gasteiger partial charge in [0.05, 0.1) is 11.6 Å². The maximum absolute atomic E-state index is 12.7. The van der Waals surface area contributed by atoms with E-state index in [0.717, 1.165) is 42.0 Å². The van der Waals surface area contributed by atoms with Gasteiger partial charge >= 0.3 is 0 Å². The largest absolute Gasteiger partial charge is 0.441 e. The minimum absolute atomic E-state index is 0.0272. The van der Waals surface area contributed by atoms with Gasteiger partial charge in [0.1, 0.15) is 5.76 Å². The fourth-order valence-corrected chi connectivity index (χ4v) is 4.20. The predicted molar refractivity (Wildman–Crippen MR) is 123 cm³/mol. The van der Waals surface area contributed by atoms with E-state index in [1.165, 1.54) is 0 Å². The third-order valence-corrected chi connectivity index (χ3v) is 6.08. The number of aromatic nitrogens is 1. The molecule has 31 heavy (non-hydrogen) atoms. The van der Waals surface area contributed by atoms with Crippen molar-refractivity contribution in [2.75, 3.05) is 13.1 Å². The fraction of sp³-hybridized carbons (Fsp3) is 0.333. The van der Waals surface area contributed by atoms with E-state index in [2.05, 4.69) is 15.2 Å². The van der Waals surface area contributed by atoms with E-state index in [1.54, 1.807) is 0 Å². The molecule has 2 aromatic carbocycles. The highest BCUT2D eigenvalue weighted by Crippen LogP contribution is 2.26. The minimum atomic E-state index is -0.0272. The Balaban J connectivity index is 1.35. The molecule has 3 aromatic rings. The Morgan fingerprint density at radius 2 is 2.00 bits per heavy atom. The highest BCUT2D eigenvalue weighted by Gasteiger charge is 2.27. The monoisotopic (exact) mass is 457 g/mol. The van der Waals surface area contributed by atoms with Crippen LogP contribution in [0.1, 0.15) is 29.9 Å². The number of aryl methyl sites for hydroxylation is 1. The van der Waals surface area contributed by atoms with E-state index in [-0.39, 0.29) is 11.8 Å². The molecule has 5 nitrogen and oxygen atoms in total. The molecule has 2 heterocycles. The number of halogens is 2. The molecule has 0 bridgehead atoms. The van der Waals surface area contributed by atoms with Gasteiger partial charge in [-0.15, -0.1) is 0 Å². The summed E-state index contributed by atoms with van der Waals surface area (Å²) in [6.45, 7) is 4.76. The van der Waals surface area contributed by atoms with Gasteiger partial charge in [-0.2, -0.15) is 0 Å². The molecular weight excluding hydrogens is 433 g/mol. The van der Waals surface area contributed by atoms with Gasteiger partial charge in [-0.3, -0.25) is 9.69 Å². The van der Waals surface area contributed by atoms with Crippen LogP contribution in [-0.4, -0.2) is 28.9 Å². The number of amides is 1. The summed E-state index contributed by atoms with van der Waals surface area (Å²) in [6, 6.07) is 15.0. The molecule has 0 aliphatic carbocycles. The van der Waals surface area contributed by atoms with Gasteiger partial charge in [0.2, 0.25) is 11.8 Å². The molecule has 1 aliphatic heterocycles. The van der Waals surface area contributed by atoms with Crippen molar-refractivity contribution in [2.24, 2.45) is 5.92 Å². The second-order valence-corrected chi connectivity index (χ2v) is 8.82. The van der Waals surface area contributed by atoms with Crippen molar-refractivity contribution in [1.29, 1.82) is 0 Å². The van der Waals surface area contributed by atoms with Crippen LogP contribution < -0.4 is 5.32 Å². The smallest absolute Gasteiger partial charge is 0.226 e. The Morgan fingerprint density at radius 1 is 1.19 bits per heavy atom. The molecule has 1 saturated heterocycles. The summed E-state index contributed by atoms with van der Waals surface area (Å²) in [5.41, 5.74) is 2.80. The van der Waals surface area contributed by atoms with Crippen LogP contribution in [0.15, 0.2) is 52.9 Å². The van der Waals surface area contributed by atoms with Gasteiger partial charge in [0.25, 0.3) is 0 Å². The van der Waals surface area contributed by atoms with Crippen molar-refractivity contribution in [1.82, 2.24) is 15.2 Å². The lowest BCUT2D eigenvalue weighted by Crippen LogP contribution is -2.42. The first-order valence-electron chi connectivity index (χ1n) is 10.4. The number of likely N-dealkylation sites (tertiary alicyclic amines) is 1. The molecule has 1 aliphatic rings. The fourth-order valence-electron chi connectivity index (χ4n) is 3.88. The third-order valence-electron chi connectivity index (χ3n) is 5.59. The molecule has 0 unspecified atom stereocenters. The zero-order valence-electron chi connectivity index (χ0n) is 17.4. The van der Waals surface area contributed by atoms with E-state index < -0.39 is 0 Å². The summed E-state index contributed by atoms with van der Waals surface area (Å²) in [5.74, 6) is 1.44. The maximum atomic E-state index is 12.7. The zero-order valence-corrected chi connectivity index (χ0v) is 18.9. The molecular formula is C24H25Cl2N3O2. The van der Waals surface area contributed by atoms with Crippen LogP contribution in [0, 0.1) is 12.8 Å². The van der Waals surface area contributed by atoms with E-state index in [0.29, 0.717) is 35.6 Å². The summed E-state index contributed by atoms with van der Waals surface area (Å²) < 4.78 is 5.88. The van der Waals surface area contributed by atoms with Crippen molar-refractivity contribution in [3.63, 3.8) is 0 Å². The summed E-state index contributed by atoms with van der Waals surface area (Å²) in [7, 11) is 0. The number of nitrogens with one attached hydrogen (secondary N) is 1. The standard InChI is InChI=1S/C24H25Cl2N3O2/c1-16-22(28-24(31-16)18-4-2-6-21(26)12-18)15-29-11-3-5-19(14-29)23(30)27-13-17-7-9-20(25)10-8-17/h2,4,6-10,12,19H,3,5,11,13-15H2,1H3,(H,27,30)/t19-/m1/s1.